The molecule has 0 N–H and O–H groups in total. The minimum absolute atomic E-state index is 0.00720. The molecule has 1 saturated heterocycles. The topological polar surface area (TPSA) is 20.3 Å². The van der Waals surface area contributed by atoms with E-state index in [-0.39, 0.29) is 16.5 Å². The summed E-state index contributed by atoms with van der Waals surface area (Å²) < 4.78 is 13.8. The molecule has 0 saturated carbocycles. The molecule has 0 radical (unpaired) electrons. The van der Waals surface area contributed by atoms with Crippen LogP contribution in [-0.4, -0.2) is 34.4 Å². The first-order valence-electron chi connectivity index (χ1n) is 5.77. The minimum atomic E-state index is -0.300. The average Bonchev–Trinajstić information content (AvgIpc) is 2.27. The highest BCUT2D eigenvalue weighted by Gasteiger charge is 2.30. The standard InChI is InChI=1S/C13H15FINOS/c1-13(2)8-16(5-6-18-13)12(17)10-4-3-9(14)7-11(10)15/h3-4,7H,5-6,8H2,1-2H3. The average molecular weight is 379 g/mol. The van der Waals surface area contributed by atoms with Crippen LogP contribution in [0.1, 0.15) is 24.2 Å². The van der Waals surface area contributed by atoms with E-state index in [4.69, 9.17) is 0 Å². The van der Waals surface area contributed by atoms with Gasteiger partial charge in [0.2, 0.25) is 0 Å². The summed E-state index contributed by atoms with van der Waals surface area (Å²) in [5, 5.41) is 0. The van der Waals surface area contributed by atoms with E-state index in [1.807, 2.05) is 39.3 Å². The van der Waals surface area contributed by atoms with E-state index in [1.165, 1.54) is 12.1 Å². The van der Waals surface area contributed by atoms with Gasteiger partial charge < -0.3 is 4.90 Å². The van der Waals surface area contributed by atoms with Gasteiger partial charge in [0.25, 0.3) is 5.91 Å². The highest BCUT2D eigenvalue weighted by Crippen LogP contribution is 2.30. The Morgan fingerprint density at radius 2 is 2.22 bits per heavy atom. The molecule has 18 heavy (non-hydrogen) atoms. The molecule has 5 heteroatoms. The first-order valence-corrected chi connectivity index (χ1v) is 7.84. The summed E-state index contributed by atoms with van der Waals surface area (Å²) in [6, 6.07) is 4.32. The van der Waals surface area contributed by atoms with Gasteiger partial charge in [0, 0.05) is 27.2 Å². The number of thioether (sulfide) groups is 1. The van der Waals surface area contributed by atoms with Crippen LogP contribution in [0, 0.1) is 9.39 Å². The van der Waals surface area contributed by atoms with Crippen LogP contribution >= 0.6 is 34.4 Å². The number of benzene rings is 1. The number of rotatable bonds is 1. The molecule has 0 unspecified atom stereocenters. The molecule has 1 fully saturated rings. The Labute approximate surface area is 124 Å². The van der Waals surface area contributed by atoms with Crippen molar-refractivity contribution in [1.82, 2.24) is 4.90 Å². The van der Waals surface area contributed by atoms with Crippen LogP contribution in [0.3, 0.4) is 0 Å². The largest absolute Gasteiger partial charge is 0.336 e. The van der Waals surface area contributed by atoms with Gasteiger partial charge in [-0.1, -0.05) is 0 Å². The third-order valence-electron chi connectivity index (χ3n) is 2.87. The molecular formula is C13H15FINOS. The second-order valence-corrected chi connectivity index (χ2v) is 7.92. The Morgan fingerprint density at radius 1 is 1.50 bits per heavy atom. The van der Waals surface area contributed by atoms with Crippen molar-refractivity contribution >= 4 is 40.3 Å². The predicted molar refractivity (Wildman–Crippen MR) is 81.6 cm³/mol. The van der Waals surface area contributed by atoms with Crippen molar-refractivity contribution in [2.24, 2.45) is 0 Å². The van der Waals surface area contributed by atoms with E-state index >= 15 is 0 Å². The van der Waals surface area contributed by atoms with Crippen LogP contribution in [0.15, 0.2) is 18.2 Å². The van der Waals surface area contributed by atoms with Crippen LogP contribution in [0.25, 0.3) is 0 Å². The molecule has 98 valence electrons. The van der Waals surface area contributed by atoms with Crippen molar-refractivity contribution in [2.75, 3.05) is 18.8 Å². The van der Waals surface area contributed by atoms with Crippen LogP contribution < -0.4 is 0 Å². The molecule has 2 nitrogen and oxygen atoms in total. The maximum atomic E-state index is 13.0. The third kappa shape index (κ3) is 3.17. The van der Waals surface area contributed by atoms with Gasteiger partial charge >= 0.3 is 0 Å². The highest BCUT2D eigenvalue weighted by molar-refractivity contribution is 14.1. The molecule has 1 heterocycles. The minimum Gasteiger partial charge on any atom is -0.336 e. The van der Waals surface area contributed by atoms with Crippen molar-refractivity contribution in [3.8, 4) is 0 Å². The summed E-state index contributed by atoms with van der Waals surface area (Å²) in [6.07, 6.45) is 0. The Bertz CT molecular complexity index is 478. The van der Waals surface area contributed by atoms with Crippen molar-refractivity contribution in [3.63, 3.8) is 0 Å². The molecule has 1 amide bonds. The zero-order chi connectivity index (χ0) is 13.3. The number of carbonyl (C=O) groups is 1. The molecule has 1 aliphatic rings. The van der Waals surface area contributed by atoms with Crippen LogP contribution in [0.2, 0.25) is 0 Å². The SMILES string of the molecule is CC1(C)CN(C(=O)c2ccc(F)cc2I)CCS1. The number of amides is 1. The molecule has 2 rings (SSSR count). The maximum Gasteiger partial charge on any atom is 0.255 e. The lowest BCUT2D eigenvalue weighted by molar-refractivity contribution is 0.0747. The lowest BCUT2D eigenvalue weighted by atomic mass is 10.1. The van der Waals surface area contributed by atoms with Crippen molar-refractivity contribution in [1.29, 1.82) is 0 Å². The van der Waals surface area contributed by atoms with Gasteiger partial charge in [0.05, 0.1) is 5.56 Å². The van der Waals surface area contributed by atoms with E-state index in [2.05, 4.69) is 13.8 Å². The lowest BCUT2D eigenvalue weighted by Crippen LogP contribution is -2.46. The first kappa shape index (κ1) is 14.1. The second kappa shape index (κ2) is 5.36. The summed E-state index contributed by atoms with van der Waals surface area (Å²) in [7, 11) is 0. The third-order valence-corrected chi connectivity index (χ3v) is 5.06. The number of halogens is 2. The Hall–Kier alpha value is -0.300. The van der Waals surface area contributed by atoms with Gasteiger partial charge in [-0.3, -0.25) is 4.79 Å². The van der Waals surface area contributed by atoms with Crippen molar-refractivity contribution in [2.45, 2.75) is 18.6 Å². The number of hydrogen-bond donors (Lipinski definition) is 0. The Kier molecular flexibility index (Phi) is 4.21. The molecule has 0 spiro atoms. The van der Waals surface area contributed by atoms with Gasteiger partial charge in [0.1, 0.15) is 5.82 Å². The molecule has 0 atom stereocenters. The summed E-state index contributed by atoms with van der Waals surface area (Å²) in [5.41, 5.74) is 0.597. The van der Waals surface area contributed by atoms with E-state index in [9.17, 15) is 9.18 Å². The maximum absolute atomic E-state index is 13.0. The van der Waals surface area contributed by atoms with Crippen molar-refractivity contribution < 1.29 is 9.18 Å². The predicted octanol–water partition coefficient (Wildman–Crippen LogP) is 3.40. The number of hydrogen-bond acceptors (Lipinski definition) is 2. The summed E-state index contributed by atoms with van der Waals surface area (Å²) in [5.74, 6) is 0.662. The molecule has 1 aromatic rings. The van der Waals surface area contributed by atoms with E-state index in [1.54, 1.807) is 6.07 Å². The van der Waals surface area contributed by atoms with Crippen LogP contribution in [0.5, 0.6) is 0 Å². The van der Waals surface area contributed by atoms with Gasteiger partial charge in [-0.05, 0) is 54.6 Å². The van der Waals surface area contributed by atoms with E-state index in [0.717, 1.165) is 18.8 Å². The molecule has 0 aromatic heterocycles. The van der Waals surface area contributed by atoms with E-state index in [0.29, 0.717) is 9.13 Å². The van der Waals surface area contributed by atoms with Gasteiger partial charge in [0.15, 0.2) is 0 Å². The summed E-state index contributed by atoms with van der Waals surface area (Å²) in [4.78, 5) is 14.3. The number of carbonyl (C=O) groups excluding carboxylic acids is 1. The highest BCUT2D eigenvalue weighted by atomic mass is 127. The molecular weight excluding hydrogens is 364 g/mol. The Morgan fingerprint density at radius 3 is 2.83 bits per heavy atom. The fraction of sp³-hybridized carbons (Fsp3) is 0.462. The van der Waals surface area contributed by atoms with Crippen LogP contribution in [-0.2, 0) is 0 Å². The summed E-state index contributed by atoms with van der Waals surface area (Å²) in [6.45, 7) is 5.80. The zero-order valence-electron chi connectivity index (χ0n) is 10.4. The first-order chi connectivity index (χ1) is 8.39. The summed E-state index contributed by atoms with van der Waals surface area (Å²) >= 11 is 3.90. The fourth-order valence-corrected chi connectivity index (χ4v) is 3.84. The number of nitrogens with zero attached hydrogens (tertiary/aromatic N) is 1. The van der Waals surface area contributed by atoms with Crippen LogP contribution in [0.4, 0.5) is 4.39 Å². The zero-order valence-corrected chi connectivity index (χ0v) is 13.3. The van der Waals surface area contributed by atoms with E-state index < -0.39 is 0 Å². The smallest absolute Gasteiger partial charge is 0.255 e. The molecule has 1 aromatic carbocycles. The quantitative estimate of drug-likeness (QED) is 0.698. The van der Waals surface area contributed by atoms with Gasteiger partial charge in [-0.25, -0.2) is 4.39 Å². The molecule has 0 bridgehead atoms. The fourth-order valence-electron chi connectivity index (χ4n) is 2.02. The molecule has 0 aliphatic carbocycles. The van der Waals surface area contributed by atoms with Gasteiger partial charge in [-0.2, -0.15) is 11.8 Å². The normalized spacial score (nSPS) is 18.8. The monoisotopic (exact) mass is 379 g/mol. The van der Waals surface area contributed by atoms with Gasteiger partial charge in [-0.15, -0.1) is 0 Å². The lowest BCUT2D eigenvalue weighted by Gasteiger charge is -2.37. The Balaban J connectivity index is 2.20. The van der Waals surface area contributed by atoms with Crippen molar-refractivity contribution in [3.05, 3.63) is 33.1 Å². The second-order valence-electron chi connectivity index (χ2n) is 4.96. The molecule has 1 aliphatic heterocycles.